The number of methoxy groups -OCH3 is 2. The topological polar surface area (TPSA) is 30.5 Å². The lowest BCUT2D eigenvalue weighted by Crippen LogP contribution is -2.26. The number of nitrogens with one attached hydrogen (secondary N) is 1. The van der Waals surface area contributed by atoms with E-state index in [9.17, 15) is 0 Å². The van der Waals surface area contributed by atoms with Gasteiger partial charge in [0, 0.05) is 36.3 Å². The van der Waals surface area contributed by atoms with Crippen molar-refractivity contribution in [2.45, 2.75) is 25.9 Å². The molecule has 1 unspecified atom stereocenters. The normalized spacial score (nSPS) is 12.5. The summed E-state index contributed by atoms with van der Waals surface area (Å²) in [6.07, 6.45) is 0.994. The lowest BCUT2D eigenvalue weighted by Gasteiger charge is -2.16. The average Bonchev–Trinajstić information content (AvgIpc) is 2.33. The summed E-state index contributed by atoms with van der Waals surface area (Å²) < 4.78 is 12.5. The van der Waals surface area contributed by atoms with Crippen molar-refractivity contribution < 1.29 is 9.47 Å². The lowest BCUT2D eigenvalue weighted by atomic mass is 10.1. The van der Waals surface area contributed by atoms with E-state index in [1.54, 1.807) is 14.2 Å². The molecule has 0 saturated carbocycles. The Bertz CT molecular complexity index is 385. The van der Waals surface area contributed by atoms with E-state index in [1.165, 1.54) is 0 Å². The summed E-state index contributed by atoms with van der Waals surface area (Å²) in [5, 5.41) is 3.46. The van der Waals surface area contributed by atoms with Crippen LogP contribution in [0.4, 0.5) is 0 Å². The smallest absolute Gasteiger partial charge is 0.137 e. The first-order valence-electron chi connectivity index (χ1n) is 5.82. The molecule has 18 heavy (non-hydrogen) atoms. The number of benzene rings is 1. The molecule has 0 spiro atoms. The van der Waals surface area contributed by atoms with Gasteiger partial charge in [-0.3, -0.25) is 0 Å². The van der Waals surface area contributed by atoms with Crippen LogP contribution in [0.2, 0.25) is 0 Å². The van der Waals surface area contributed by atoms with Gasteiger partial charge < -0.3 is 14.8 Å². The standard InChI is InChI=1S/C13H19Br2NO2/c1-9(4-5-17-2)16-8-10-6-11(14)7-12(15)13(10)18-3/h6-7,9,16H,4-5,8H2,1-3H3. The fraction of sp³-hybridized carbons (Fsp3) is 0.538. The Labute approximate surface area is 125 Å². The van der Waals surface area contributed by atoms with E-state index in [0.29, 0.717) is 6.04 Å². The maximum atomic E-state index is 5.41. The summed E-state index contributed by atoms with van der Waals surface area (Å²) in [5.41, 5.74) is 1.13. The van der Waals surface area contributed by atoms with Crippen LogP contribution in [-0.4, -0.2) is 26.9 Å². The molecule has 0 amide bonds. The van der Waals surface area contributed by atoms with Gasteiger partial charge in [-0.15, -0.1) is 0 Å². The molecular weight excluding hydrogens is 362 g/mol. The molecule has 0 aromatic heterocycles. The van der Waals surface area contributed by atoms with Crippen LogP contribution < -0.4 is 10.1 Å². The third-order valence-corrected chi connectivity index (χ3v) is 3.73. The van der Waals surface area contributed by atoms with Crippen molar-refractivity contribution >= 4 is 31.9 Å². The number of halogens is 2. The van der Waals surface area contributed by atoms with E-state index in [2.05, 4.69) is 50.2 Å². The molecular formula is C13H19Br2NO2. The van der Waals surface area contributed by atoms with Gasteiger partial charge in [-0.05, 0) is 41.4 Å². The highest BCUT2D eigenvalue weighted by atomic mass is 79.9. The van der Waals surface area contributed by atoms with Gasteiger partial charge in [-0.25, -0.2) is 0 Å². The predicted octanol–water partition coefficient (Wildman–Crippen LogP) is 3.73. The Hall–Kier alpha value is -0.100. The molecule has 1 N–H and O–H groups in total. The molecule has 0 fully saturated rings. The summed E-state index contributed by atoms with van der Waals surface area (Å²) >= 11 is 7.00. The van der Waals surface area contributed by atoms with E-state index < -0.39 is 0 Å². The minimum atomic E-state index is 0.410. The monoisotopic (exact) mass is 379 g/mol. The van der Waals surface area contributed by atoms with Gasteiger partial charge in [0.15, 0.2) is 0 Å². The number of rotatable bonds is 7. The SMILES string of the molecule is COCCC(C)NCc1cc(Br)cc(Br)c1OC. The second-order valence-electron chi connectivity index (χ2n) is 4.14. The van der Waals surface area contributed by atoms with Crippen molar-refractivity contribution in [1.29, 1.82) is 0 Å². The maximum Gasteiger partial charge on any atom is 0.137 e. The minimum Gasteiger partial charge on any atom is -0.495 e. The fourth-order valence-electron chi connectivity index (χ4n) is 1.65. The summed E-state index contributed by atoms with van der Waals surface area (Å²) in [4.78, 5) is 0. The zero-order valence-electron chi connectivity index (χ0n) is 10.9. The van der Waals surface area contributed by atoms with E-state index in [-0.39, 0.29) is 0 Å². The van der Waals surface area contributed by atoms with Gasteiger partial charge in [0.1, 0.15) is 5.75 Å². The maximum absolute atomic E-state index is 5.41. The summed E-state index contributed by atoms with van der Waals surface area (Å²) in [5.74, 6) is 0.879. The van der Waals surface area contributed by atoms with Gasteiger partial charge in [0.25, 0.3) is 0 Å². The van der Waals surface area contributed by atoms with Crippen LogP contribution in [0.5, 0.6) is 5.75 Å². The lowest BCUT2D eigenvalue weighted by molar-refractivity contribution is 0.184. The number of hydrogen-bond donors (Lipinski definition) is 1. The van der Waals surface area contributed by atoms with Crippen LogP contribution in [0.1, 0.15) is 18.9 Å². The fourth-order valence-corrected chi connectivity index (χ4v) is 3.13. The molecule has 1 atom stereocenters. The Morgan fingerprint density at radius 3 is 2.61 bits per heavy atom. The highest BCUT2D eigenvalue weighted by molar-refractivity contribution is 9.11. The molecule has 5 heteroatoms. The predicted molar refractivity (Wildman–Crippen MR) is 81.2 cm³/mol. The van der Waals surface area contributed by atoms with Crippen molar-refractivity contribution in [3.05, 3.63) is 26.6 Å². The van der Waals surface area contributed by atoms with Crippen molar-refractivity contribution in [3.63, 3.8) is 0 Å². The van der Waals surface area contributed by atoms with E-state index in [1.807, 2.05) is 6.07 Å². The quantitative estimate of drug-likeness (QED) is 0.781. The zero-order chi connectivity index (χ0) is 13.5. The van der Waals surface area contributed by atoms with Crippen LogP contribution in [0.25, 0.3) is 0 Å². The van der Waals surface area contributed by atoms with Crippen molar-refractivity contribution in [3.8, 4) is 5.75 Å². The molecule has 1 rings (SSSR count). The number of hydrogen-bond acceptors (Lipinski definition) is 3. The molecule has 1 aromatic carbocycles. The third kappa shape index (κ3) is 4.88. The minimum absolute atomic E-state index is 0.410. The summed E-state index contributed by atoms with van der Waals surface area (Å²) in [6, 6.07) is 4.46. The van der Waals surface area contributed by atoms with Gasteiger partial charge >= 0.3 is 0 Å². The Morgan fingerprint density at radius 1 is 1.28 bits per heavy atom. The van der Waals surface area contributed by atoms with Gasteiger partial charge in [0.2, 0.25) is 0 Å². The van der Waals surface area contributed by atoms with E-state index in [4.69, 9.17) is 9.47 Å². The second-order valence-corrected chi connectivity index (χ2v) is 5.91. The molecule has 102 valence electrons. The van der Waals surface area contributed by atoms with Crippen LogP contribution in [0.15, 0.2) is 21.1 Å². The van der Waals surface area contributed by atoms with Crippen LogP contribution in [0.3, 0.4) is 0 Å². The van der Waals surface area contributed by atoms with Crippen LogP contribution in [0, 0.1) is 0 Å². The molecule has 0 aliphatic rings. The first-order valence-corrected chi connectivity index (χ1v) is 7.41. The van der Waals surface area contributed by atoms with Crippen LogP contribution >= 0.6 is 31.9 Å². The van der Waals surface area contributed by atoms with E-state index >= 15 is 0 Å². The Balaban J connectivity index is 2.66. The zero-order valence-corrected chi connectivity index (χ0v) is 14.1. The molecule has 3 nitrogen and oxygen atoms in total. The molecule has 0 radical (unpaired) electrons. The van der Waals surface area contributed by atoms with Crippen LogP contribution in [-0.2, 0) is 11.3 Å². The average molecular weight is 381 g/mol. The summed E-state index contributed by atoms with van der Waals surface area (Å²) in [6.45, 7) is 3.69. The first kappa shape index (κ1) is 16.0. The molecule has 0 saturated heterocycles. The second kappa shape index (κ2) is 8.15. The molecule has 0 aliphatic heterocycles. The molecule has 0 bridgehead atoms. The Morgan fingerprint density at radius 2 is 2.00 bits per heavy atom. The molecule has 0 heterocycles. The highest BCUT2D eigenvalue weighted by Gasteiger charge is 2.10. The van der Waals surface area contributed by atoms with Gasteiger partial charge in [-0.2, -0.15) is 0 Å². The number of ether oxygens (including phenoxy) is 2. The summed E-state index contributed by atoms with van der Waals surface area (Å²) in [7, 11) is 3.41. The molecule has 1 aromatic rings. The van der Waals surface area contributed by atoms with Crippen molar-refractivity contribution in [2.24, 2.45) is 0 Å². The first-order chi connectivity index (χ1) is 8.58. The van der Waals surface area contributed by atoms with Gasteiger partial charge in [0.05, 0.1) is 11.6 Å². The van der Waals surface area contributed by atoms with Gasteiger partial charge in [-0.1, -0.05) is 15.9 Å². The highest BCUT2D eigenvalue weighted by Crippen LogP contribution is 2.32. The largest absolute Gasteiger partial charge is 0.495 e. The van der Waals surface area contributed by atoms with E-state index in [0.717, 1.165) is 39.8 Å². The Kier molecular flexibility index (Phi) is 7.22. The third-order valence-electron chi connectivity index (χ3n) is 2.69. The van der Waals surface area contributed by atoms with Crippen molar-refractivity contribution in [1.82, 2.24) is 5.32 Å². The van der Waals surface area contributed by atoms with Crippen molar-refractivity contribution in [2.75, 3.05) is 20.8 Å². The molecule has 0 aliphatic carbocycles.